The first-order valence-electron chi connectivity index (χ1n) is 8.28. The number of nitro benzene ring substituents is 1. The highest BCUT2D eigenvalue weighted by Gasteiger charge is 2.36. The van der Waals surface area contributed by atoms with Crippen LogP contribution in [0.5, 0.6) is 0 Å². The third-order valence-electron chi connectivity index (χ3n) is 4.79. The van der Waals surface area contributed by atoms with Crippen molar-refractivity contribution in [3.63, 3.8) is 0 Å². The van der Waals surface area contributed by atoms with Crippen LogP contribution >= 0.6 is 0 Å². The summed E-state index contributed by atoms with van der Waals surface area (Å²) in [5, 5.41) is 11.8. The molecule has 0 radical (unpaired) electrons. The van der Waals surface area contributed by atoms with Crippen LogP contribution in [0.4, 0.5) is 5.69 Å². The highest BCUT2D eigenvalue weighted by Crippen LogP contribution is 2.32. The van der Waals surface area contributed by atoms with E-state index in [1.807, 2.05) is 4.90 Å². The summed E-state index contributed by atoms with van der Waals surface area (Å²) in [6, 6.07) is 6.87. The van der Waals surface area contributed by atoms with E-state index in [1.165, 1.54) is 6.07 Å². The van der Waals surface area contributed by atoms with Gasteiger partial charge in [-0.1, -0.05) is 12.1 Å². The first-order valence-corrected chi connectivity index (χ1v) is 8.28. The zero-order chi connectivity index (χ0) is 16.7. The number of fused-ring (bicyclic) bond motifs is 1. The van der Waals surface area contributed by atoms with Gasteiger partial charge in [0, 0.05) is 36.6 Å². The molecule has 0 bridgehead atoms. The standard InChI is InChI=1S/C17H19N3O4/c21-17(19(13-4-5-13)9-11-6-7-24-10-11)14-8-12-2-1-3-15(20(22)23)16(12)18-14/h1-3,8,11,13,18H,4-7,9-10H2. The van der Waals surface area contributed by atoms with Crippen LogP contribution in [0, 0.1) is 16.0 Å². The van der Waals surface area contributed by atoms with E-state index in [2.05, 4.69) is 4.98 Å². The van der Waals surface area contributed by atoms with E-state index in [0.717, 1.165) is 25.9 Å². The van der Waals surface area contributed by atoms with Crippen LogP contribution in [-0.2, 0) is 4.74 Å². The molecular weight excluding hydrogens is 310 g/mol. The van der Waals surface area contributed by atoms with Gasteiger partial charge in [0.15, 0.2) is 0 Å². The summed E-state index contributed by atoms with van der Waals surface area (Å²) in [5.41, 5.74) is 0.824. The molecule has 1 N–H and O–H groups in total. The molecule has 4 rings (SSSR count). The molecule has 1 aliphatic heterocycles. The minimum Gasteiger partial charge on any atom is -0.381 e. The van der Waals surface area contributed by atoms with E-state index in [1.54, 1.807) is 18.2 Å². The van der Waals surface area contributed by atoms with Crippen molar-refractivity contribution >= 4 is 22.5 Å². The van der Waals surface area contributed by atoms with Crippen LogP contribution in [0.2, 0.25) is 0 Å². The SMILES string of the molecule is O=C(c1cc2cccc([N+](=O)[O-])c2[nH]1)N(CC1CCOC1)C1CC1. The van der Waals surface area contributed by atoms with Crippen molar-refractivity contribution in [1.82, 2.24) is 9.88 Å². The zero-order valence-corrected chi connectivity index (χ0v) is 13.2. The Morgan fingerprint density at radius 3 is 2.88 bits per heavy atom. The number of carbonyl (C=O) groups is 1. The molecule has 1 saturated heterocycles. The molecule has 1 unspecified atom stereocenters. The number of non-ortho nitro benzene ring substituents is 1. The Hall–Kier alpha value is -2.41. The Morgan fingerprint density at radius 1 is 1.38 bits per heavy atom. The van der Waals surface area contributed by atoms with Gasteiger partial charge in [-0.3, -0.25) is 14.9 Å². The average Bonchev–Trinajstić information content (AvgIpc) is 3.10. The molecule has 126 valence electrons. The van der Waals surface area contributed by atoms with Crippen LogP contribution in [-0.4, -0.2) is 46.5 Å². The minimum atomic E-state index is -0.429. The number of amides is 1. The third kappa shape index (κ3) is 2.75. The lowest BCUT2D eigenvalue weighted by Crippen LogP contribution is -2.37. The molecule has 1 aliphatic carbocycles. The van der Waals surface area contributed by atoms with Gasteiger partial charge in [0.1, 0.15) is 11.2 Å². The summed E-state index contributed by atoms with van der Waals surface area (Å²) in [5.74, 6) is 0.308. The predicted molar refractivity (Wildman–Crippen MR) is 87.9 cm³/mol. The molecule has 1 aromatic heterocycles. The second-order valence-corrected chi connectivity index (χ2v) is 6.60. The molecule has 1 atom stereocenters. The first-order chi connectivity index (χ1) is 11.6. The molecule has 2 aliphatic rings. The lowest BCUT2D eigenvalue weighted by atomic mass is 10.1. The molecule has 24 heavy (non-hydrogen) atoms. The van der Waals surface area contributed by atoms with Crippen molar-refractivity contribution < 1.29 is 14.5 Å². The fraction of sp³-hybridized carbons (Fsp3) is 0.471. The largest absolute Gasteiger partial charge is 0.381 e. The fourth-order valence-corrected chi connectivity index (χ4v) is 3.35. The van der Waals surface area contributed by atoms with E-state index < -0.39 is 4.92 Å². The van der Waals surface area contributed by atoms with Gasteiger partial charge in [0.25, 0.3) is 11.6 Å². The molecule has 7 heteroatoms. The Bertz CT molecular complexity index is 790. The number of nitrogens with one attached hydrogen (secondary N) is 1. The number of benzene rings is 1. The van der Waals surface area contributed by atoms with E-state index >= 15 is 0 Å². The molecule has 2 fully saturated rings. The highest BCUT2D eigenvalue weighted by molar-refractivity contribution is 6.00. The van der Waals surface area contributed by atoms with Gasteiger partial charge in [-0.25, -0.2) is 0 Å². The monoisotopic (exact) mass is 329 g/mol. The summed E-state index contributed by atoms with van der Waals surface area (Å²) < 4.78 is 5.41. The fourth-order valence-electron chi connectivity index (χ4n) is 3.35. The Kier molecular flexibility index (Phi) is 3.72. The number of nitro groups is 1. The van der Waals surface area contributed by atoms with Gasteiger partial charge < -0.3 is 14.6 Å². The predicted octanol–water partition coefficient (Wildman–Crippen LogP) is 2.72. The quantitative estimate of drug-likeness (QED) is 0.675. The maximum absolute atomic E-state index is 12.9. The summed E-state index contributed by atoms with van der Waals surface area (Å²) in [6.45, 7) is 2.16. The third-order valence-corrected chi connectivity index (χ3v) is 4.79. The normalized spacial score (nSPS) is 20.4. The van der Waals surface area contributed by atoms with E-state index in [-0.39, 0.29) is 11.6 Å². The number of aromatic amines is 1. The maximum Gasteiger partial charge on any atom is 0.293 e. The van der Waals surface area contributed by atoms with Crippen molar-refractivity contribution in [3.8, 4) is 0 Å². The molecule has 1 aromatic carbocycles. The zero-order valence-electron chi connectivity index (χ0n) is 13.2. The van der Waals surface area contributed by atoms with Crippen LogP contribution in [0.25, 0.3) is 10.9 Å². The second kappa shape index (κ2) is 5.90. The number of hydrogen-bond acceptors (Lipinski definition) is 4. The summed E-state index contributed by atoms with van der Waals surface area (Å²) >= 11 is 0. The maximum atomic E-state index is 12.9. The number of nitrogens with zero attached hydrogens (tertiary/aromatic N) is 2. The van der Waals surface area contributed by atoms with E-state index in [4.69, 9.17) is 4.74 Å². The van der Waals surface area contributed by atoms with Crippen LogP contribution < -0.4 is 0 Å². The molecule has 2 aromatic rings. The van der Waals surface area contributed by atoms with Gasteiger partial charge in [-0.2, -0.15) is 0 Å². The van der Waals surface area contributed by atoms with Crippen LogP contribution in [0.15, 0.2) is 24.3 Å². The van der Waals surface area contributed by atoms with Gasteiger partial charge in [0.2, 0.25) is 0 Å². The number of carbonyl (C=O) groups excluding carboxylic acids is 1. The molecule has 0 spiro atoms. The first kappa shape index (κ1) is 15.1. The van der Waals surface area contributed by atoms with Crippen LogP contribution in [0.1, 0.15) is 29.8 Å². The lowest BCUT2D eigenvalue weighted by Gasteiger charge is -2.24. The van der Waals surface area contributed by atoms with Gasteiger partial charge in [-0.15, -0.1) is 0 Å². The number of ether oxygens (including phenoxy) is 1. The van der Waals surface area contributed by atoms with E-state index in [0.29, 0.717) is 41.7 Å². The second-order valence-electron chi connectivity index (χ2n) is 6.60. The number of H-pyrrole nitrogens is 1. The van der Waals surface area contributed by atoms with Crippen molar-refractivity contribution in [2.24, 2.45) is 5.92 Å². The van der Waals surface area contributed by atoms with Gasteiger partial charge in [0.05, 0.1) is 11.5 Å². The summed E-state index contributed by atoms with van der Waals surface area (Å²) in [6.07, 6.45) is 3.04. The van der Waals surface area contributed by atoms with Crippen molar-refractivity contribution in [1.29, 1.82) is 0 Å². The number of para-hydroxylation sites is 1. The Labute approximate surface area is 138 Å². The van der Waals surface area contributed by atoms with E-state index in [9.17, 15) is 14.9 Å². The molecule has 1 amide bonds. The highest BCUT2D eigenvalue weighted by atomic mass is 16.6. The number of rotatable bonds is 5. The van der Waals surface area contributed by atoms with Crippen molar-refractivity contribution in [2.45, 2.75) is 25.3 Å². The van der Waals surface area contributed by atoms with Crippen molar-refractivity contribution in [3.05, 3.63) is 40.1 Å². The summed E-state index contributed by atoms with van der Waals surface area (Å²) in [4.78, 5) is 28.6. The Balaban J connectivity index is 1.63. The topological polar surface area (TPSA) is 88.5 Å². The lowest BCUT2D eigenvalue weighted by molar-refractivity contribution is -0.383. The molecule has 2 heterocycles. The Morgan fingerprint density at radius 2 is 2.21 bits per heavy atom. The van der Waals surface area contributed by atoms with Crippen molar-refractivity contribution in [2.75, 3.05) is 19.8 Å². The smallest absolute Gasteiger partial charge is 0.293 e. The van der Waals surface area contributed by atoms with Crippen LogP contribution in [0.3, 0.4) is 0 Å². The summed E-state index contributed by atoms with van der Waals surface area (Å²) in [7, 11) is 0. The molecule has 7 nitrogen and oxygen atoms in total. The number of hydrogen-bond donors (Lipinski definition) is 1. The number of aromatic nitrogens is 1. The van der Waals surface area contributed by atoms with Gasteiger partial charge >= 0.3 is 0 Å². The van der Waals surface area contributed by atoms with Gasteiger partial charge in [-0.05, 0) is 25.3 Å². The molecular formula is C17H19N3O4. The molecule has 1 saturated carbocycles. The minimum absolute atomic E-state index is 0.00582. The average molecular weight is 329 g/mol.